The van der Waals surface area contributed by atoms with Crippen molar-refractivity contribution in [2.45, 2.75) is 19.8 Å². The number of rotatable bonds is 5. The van der Waals surface area contributed by atoms with Crippen LogP contribution in [0, 0.1) is 0 Å². The number of nitrogens with zero attached hydrogens (tertiary/aromatic N) is 1. The van der Waals surface area contributed by atoms with Crippen LogP contribution in [0.1, 0.15) is 30.3 Å². The minimum absolute atomic E-state index is 0. The maximum absolute atomic E-state index is 10.5. The van der Waals surface area contributed by atoms with E-state index in [2.05, 4.69) is 11.9 Å². The molecular formula is C10H14ClNO3. The third-order valence-corrected chi connectivity index (χ3v) is 1.72. The zero-order valence-electron chi connectivity index (χ0n) is 8.47. The van der Waals surface area contributed by atoms with Gasteiger partial charge in [-0.3, -0.25) is 0 Å². The molecule has 1 aromatic rings. The standard InChI is InChI=1S/C10H13NO3.ClH/c1-2-3-6-14-8-4-5-9(10(12)13)11-7-8;/h4-5,7H,2-3,6H2,1H3,(H,12,13);1H. The van der Waals surface area contributed by atoms with Crippen LogP contribution in [0.15, 0.2) is 18.3 Å². The SMILES string of the molecule is CCCCOc1ccc(C(=O)O)nc1.Cl. The van der Waals surface area contributed by atoms with Crippen LogP contribution >= 0.6 is 12.4 Å². The molecule has 0 radical (unpaired) electrons. The molecule has 1 heterocycles. The van der Waals surface area contributed by atoms with Crippen LogP contribution < -0.4 is 4.74 Å². The van der Waals surface area contributed by atoms with E-state index in [-0.39, 0.29) is 18.1 Å². The molecule has 15 heavy (non-hydrogen) atoms. The molecule has 1 N–H and O–H groups in total. The van der Waals surface area contributed by atoms with Gasteiger partial charge in [0.1, 0.15) is 11.4 Å². The van der Waals surface area contributed by atoms with E-state index in [9.17, 15) is 4.79 Å². The van der Waals surface area contributed by atoms with Gasteiger partial charge in [0.15, 0.2) is 0 Å². The number of hydrogen-bond donors (Lipinski definition) is 1. The third-order valence-electron chi connectivity index (χ3n) is 1.72. The highest BCUT2D eigenvalue weighted by atomic mass is 35.5. The van der Waals surface area contributed by atoms with Crippen molar-refractivity contribution in [2.75, 3.05) is 6.61 Å². The van der Waals surface area contributed by atoms with Gasteiger partial charge >= 0.3 is 5.97 Å². The van der Waals surface area contributed by atoms with Crippen LogP contribution in [-0.4, -0.2) is 22.7 Å². The van der Waals surface area contributed by atoms with Gasteiger partial charge in [-0.25, -0.2) is 9.78 Å². The molecule has 0 spiro atoms. The summed E-state index contributed by atoms with van der Waals surface area (Å²) >= 11 is 0. The van der Waals surface area contributed by atoms with Crippen LogP contribution in [0.3, 0.4) is 0 Å². The molecule has 0 saturated heterocycles. The lowest BCUT2D eigenvalue weighted by atomic mass is 10.3. The Balaban J connectivity index is 0.00000196. The Kier molecular flexibility index (Phi) is 6.45. The van der Waals surface area contributed by atoms with Gasteiger partial charge < -0.3 is 9.84 Å². The monoisotopic (exact) mass is 231 g/mol. The Morgan fingerprint density at radius 3 is 2.73 bits per heavy atom. The number of carbonyl (C=O) groups is 1. The van der Waals surface area contributed by atoms with E-state index in [1.807, 2.05) is 0 Å². The molecule has 1 rings (SSSR count). The zero-order valence-corrected chi connectivity index (χ0v) is 9.29. The fraction of sp³-hybridized carbons (Fsp3) is 0.400. The number of aromatic carboxylic acids is 1. The Bertz CT molecular complexity index is 300. The minimum atomic E-state index is -1.02. The summed E-state index contributed by atoms with van der Waals surface area (Å²) in [5.41, 5.74) is 0.0350. The average molecular weight is 232 g/mol. The van der Waals surface area contributed by atoms with Crippen LogP contribution in [-0.2, 0) is 0 Å². The van der Waals surface area contributed by atoms with Gasteiger partial charge in [0.2, 0.25) is 0 Å². The predicted molar refractivity (Wildman–Crippen MR) is 58.8 cm³/mol. The largest absolute Gasteiger partial charge is 0.492 e. The summed E-state index contributed by atoms with van der Waals surface area (Å²) in [7, 11) is 0. The molecule has 5 heteroatoms. The van der Waals surface area contributed by atoms with Crippen molar-refractivity contribution in [2.24, 2.45) is 0 Å². The Morgan fingerprint density at radius 2 is 2.27 bits per heavy atom. The van der Waals surface area contributed by atoms with Gasteiger partial charge in [-0.1, -0.05) is 13.3 Å². The highest BCUT2D eigenvalue weighted by Gasteiger charge is 2.03. The minimum Gasteiger partial charge on any atom is -0.492 e. The quantitative estimate of drug-likeness (QED) is 0.791. The van der Waals surface area contributed by atoms with E-state index in [0.29, 0.717) is 12.4 Å². The Hall–Kier alpha value is -1.29. The second-order valence-electron chi connectivity index (χ2n) is 2.89. The smallest absolute Gasteiger partial charge is 0.354 e. The van der Waals surface area contributed by atoms with Crippen molar-refractivity contribution in [3.63, 3.8) is 0 Å². The second-order valence-corrected chi connectivity index (χ2v) is 2.89. The molecular weight excluding hydrogens is 218 g/mol. The number of ether oxygens (including phenoxy) is 1. The summed E-state index contributed by atoms with van der Waals surface area (Å²) < 4.78 is 5.33. The number of carboxylic acids is 1. The highest BCUT2D eigenvalue weighted by Crippen LogP contribution is 2.09. The Morgan fingerprint density at radius 1 is 1.53 bits per heavy atom. The summed E-state index contributed by atoms with van der Waals surface area (Å²) in [5.74, 6) is -0.409. The first-order valence-electron chi connectivity index (χ1n) is 4.56. The summed E-state index contributed by atoms with van der Waals surface area (Å²) in [6.45, 7) is 2.72. The summed E-state index contributed by atoms with van der Waals surface area (Å²) in [6.07, 6.45) is 3.49. The third kappa shape index (κ3) is 4.65. The molecule has 0 unspecified atom stereocenters. The maximum atomic E-state index is 10.5. The maximum Gasteiger partial charge on any atom is 0.354 e. The van der Waals surface area contributed by atoms with E-state index in [1.165, 1.54) is 12.3 Å². The lowest BCUT2D eigenvalue weighted by Gasteiger charge is -2.03. The molecule has 0 aliphatic heterocycles. The molecule has 0 fully saturated rings. The van der Waals surface area contributed by atoms with Gasteiger partial charge in [0.05, 0.1) is 12.8 Å². The normalized spacial score (nSPS) is 9.13. The predicted octanol–water partition coefficient (Wildman–Crippen LogP) is 2.38. The topological polar surface area (TPSA) is 59.4 Å². The van der Waals surface area contributed by atoms with Crippen molar-refractivity contribution in [1.29, 1.82) is 0 Å². The fourth-order valence-electron chi connectivity index (χ4n) is 0.927. The number of aromatic nitrogens is 1. The first-order valence-corrected chi connectivity index (χ1v) is 4.56. The van der Waals surface area contributed by atoms with Gasteiger partial charge in [-0.05, 0) is 18.6 Å². The van der Waals surface area contributed by atoms with Crippen molar-refractivity contribution in [1.82, 2.24) is 4.98 Å². The molecule has 84 valence electrons. The number of unbranched alkanes of at least 4 members (excludes halogenated alkanes) is 1. The molecule has 0 aromatic carbocycles. The van der Waals surface area contributed by atoms with Crippen molar-refractivity contribution in [3.05, 3.63) is 24.0 Å². The van der Waals surface area contributed by atoms with Crippen molar-refractivity contribution >= 4 is 18.4 Å². The lowest BCUT2D eigenvalue weighted by molar-refractivity contribution is 0.0690. The van der Waals surface area contributed by atoms with Crippen LogP contribution in [0.25, 0.3) is 0 Å². The van der Waals surface area contributed by atoms with E-state index in [0.717, 1.165) is 12.8 Å². The number of hydrogen-bond acceptors (Lipinski definition) is 3. The summed E-state index contributed by atoms with van der Waals surface area (Å²) in [5, 5.41) is 8.59. The first kappa shape index (κ1) is 13.7. The van der Waals surface area contributed by atoms with Crippen LogP contribution in [0.5, 0.6) is 5.75 Å². The highest BCUT2D eigenvalue weighted by molar-refractivity contribution is 5.85. The number of halogens is 1. The molecule has 0 saturated carbocycles. The lowest BCUT2D eigenvalue weighted by Crippen LogP contribution is -2.01. The van der Waals surface area contributed by atoms with Gasteiger partial charge in [0.25, 0.3) is 0 Å². The molecule has 0 aliphatic rings. The van der Waals surface area contributed by atoms with E-state index < -0.39 is 5.97 Å². The Labute approximate surface area is 94.7 Å². The molecule has 0 bridgehead atoms. The molecule has 4 nitrogen and oxygen atoms in total. The van der Waals surface area contributed by atoms with E-state index in [4.69, 9.17) is 9.84 Å². The molecule has 0 atom stereocenters. The first-order chi connectivity index (χ1) is 6.74. The fourth-order valence-corrected chi connectivity index (χ4v) is 0.927. The summed E-state index contributed by atoms with van der Waals surface area (Å²) in [4.78, 5) is 14.2. The van der Waals surface area contributed by atoms with Crippen molar-refractivity contribution in [3.8, 4) is 5.75 Å². The molecule has 1 aromatic heterocycles. The average Bonchev–Trinajstić information content (AvgIpc) is 2.19. The molecule has 0 aliphatic carbocycles. The second kappa shape index (κ2) is 7.06. The molecule has 0 amide bonds. The van der Waals surface area contributed by atoms with E-state index >= 15 is 0 Å². The summed E-state index contributed by atoms with van der Waals surface area (Å²) in [6, 6.07) is 3.05. The van der Waals surface area contributed by atoms with Gasteiger partial charge in [-0.15, -0.1) is 12.4 Å². The number of pyridine rings is 1. The van der Waals surface area contributed by atoms with Gasteiger partial charge in [0, 0.05) is 0 Å². The van der Waals surface area contributed by atoms with Crippen LogP contribution in [0.2, 0.25) is 0 Å². The van der Waals surface area contributed by atoms with Crippen LogP contribution in [0.4, 0.5) is 0 Å². The number of carboxylic acid groups (broad SMARTS) is 1. The van der Waals surface area contributed by atoms with E-state index in [1.54, 1.807) is 6.07 Å². The van der Waals surface area contributed by atoms with Crippen molar-refractivity contribution < 1.29 is 14.6 Å². The zero-order chi connectivity index (χ0) is 10.4. The van der Waals surface area contributed by atoms with Gasteiger partial charge in [-0.2, -0.15) is 0 Å².